The number of nitriles is 1. The summed E-state index contributed by atoms with van der Waals surface area (Å²) < 4.78 is 59.0. The monoisotopic (exact) mass is 283 g/mol. The first-order valence-electron chi connectivity index (χ1n) is 4.13. The van der Waals surface area contributed by atoms with Crippen molar-refractivity contribution in [2.75, 3.05) is 0 Å². The van der Waals surface area contributed by atoms with E-state index < -0.39 is 20.2 Å². The minimum absolute atomic E-state index is 0.202. The van der Waals surface area contributed by atoms with Gasteiger partial charge in [-0.15, -0.1) is 0 Å². The average molecular weight is 284 g/mol. The van der Waals surface area contributed by atoms with Crippen molar-refractivity contribution in [1.82, 2.24) is 0 Å². The normalized spacial score (nSPS) is 12.2. The highest BCUT2D eigenvalue weighted by molar-refractivity contribution is 7.92. The van der Waals surface area contributed by atoms with Crippen LogP contribution in [0.15, 0.2) is 17.0 Å². The smallest absolute Gasteiger partial charge is 0.214 e. The molecule has 0 aliphatic carbocycles. The van der Waals surface area contributed by atoms with E-state index in [2.05, 4.69) is 0 Å². The summed E-state index contributed by atoms with van der Waals surface area (Å²) in [6.45, 7) is 1.41. The third-order valence-corrected chi connectivity index (χ3v) is 3.91. The summed E-state index contributed by atoms with van der Waals surface area (Å²) in [5.74, 6) is 0. The molecule has 92 valence electrons. The second-order valence-corrected chi connectivity index (χ2v) is 5.49. The van der Waals surface area contributed by atoms with E-state index in [1.54, 1.807) is 6.07 Å². The van der Waals surface area contributed by atoms with Crippen LogP contribution in [0, 0.1) is 18.3 Å². The third kappa shape index (κ3) is 2.37. The molecule has 17 heavy (non-hydrogen) atoms. The van der Waals surface area contributed by atoms with Crippen molar-refractivity contribution in [3.63, 3.8) is 0 Å². The van der Waals surface area contributed by atoms with Crippen LogP contribution in [-0.4, -0.2) is 13.9 Å². The predicted octanol–water partition coefficient (Wildman–Crippen LogP) is 2.81. The second kappa shape index (κ2) is 4.20. The zero-order valence-electron chi connectivity index (χ0n) is 8.34. The Morgan fingerprint density at radius 1 is 1.35 bits per heavy atom. The van der Waals surface area contributed by atoms with Crippen molar-refractivity contribution in [1.29, 1.82) is 5.26 Å². The molecule has 1 aromatic carbocycles. The molecule has 0 amide bonds. The Hall–Kier alpha value is -1.26. The van der Waals surface area contributed by atoms with Gasteiger partial charge in [0, 0.05) is 5.02 Å². The molecule has 1 aromatic rings. The van der Waals surface area contributed by atoms with E-state index in [1.807, 2.05) is 0 Å². The van der Waals surface area contributed by atoms with Crippen LogP contribution in [-0.2, 0) is 9.84 Å². The molecule has 0 radical (unpaired) electrons. The zero-order chi connectivity index (χ0) is 13.4. The average Bonchev–Trinajstić information content (AvgIpc) is 2.20. The summed E-state index contributed by atoms with van der Waals surface area (Å²) in [6.07, 6.45) is 0. The highest BCUT2D eigenvalue weighted by atomic mass is 35.5. The van der Waals surface area contributed by atoms with Crippen LogP contribution in [0.3, 0.4) is 0 Å². The van der Waals surface area contributed by atoms with Crippen molar-refractivity contribution < 1.29 is 21.6 Å². The summed E-state index contributed by atoms with van der Waals surface area (Å²) in [7, 11) is -5.48. The SMILES string of the molecule is Cc1c(Cl)cc(S(=O)(=O)C(F)(F)F)cc1C#N. The highest BCUT2D eigenvalue weighted by Gasteiger charge is 2.47. The molecule has 0 saturated carbocycles. The van der Waals surface area contributed by atoms with Gasteiger partial charge in [0.05, 0.1) is 16.5 Å². The van der Waals surface area contributed by atoms with Gasteiger partial charge in [-0.05, 0) is 24.6 Å². The van der Waals surface area contributed by atoms with Crippen LogP contribution in [0.25, 0.3) is 0 Å². The van der Waals surface area contributed by atoms with Gasteiger partial charge in [-0.3, -0.25) is 0 Å². The fourth-order valence-electron chi connectivity index (χ4n) is 1.06. The largest absolute Gasteiger partial charge is 0.501 e. The number of hydrogen-bond acceptors (Lipinski definition) is 3. The Kier molecular flexibility index (Phi) is 3.41. The van der Waals surface area contributed by atoms with Crippen LogP contribution in [0.5, 0.6) is 0 Å². The molecular weight excluding hydrogens is 279 g/mol. The Balaban J connectivity index is 3.58. The molecule has 0 heterocycles. The minimum atomic E-state index is -5.48. The third-order valence-electron chi connectivity index (χ3n) is 2.05. The second-order valence-electron chi connectivity index (χ2n) is 3.14. The predicted molar refractivity (Wildman–Crippen MR) is 54.1 cm³/mol. The molecule has 3 nitrogen and oxygen atoms in total. The van der Waals surface area contributed by atoms with E-state index in [1.165, 1.54) is 6.92 Å². The maximum Gasteiger partial charge on any atom is 0.501 e. The fourth-order valence-corrected chi connectivity index (χ4v) is 2.16. The first-order chi connectivity index (χ1) is 7.61. The lowest BCUT2D eigenvalue weighted by molar-refractivity contribution is -0.0436. The number of sulfone groups is 1. The van der Waals surface area contributed by atoms with E-state index >= 15 is 0 Å². The number of benzene rings is 1. The van der Waals surface area contributed by atoms with E-state index in [0.717, 1.165) is 0 Å². The van der Waals surface area contributed by atoms with Gasteiger partial charge in [0.25, 0.3) is 9.84 Å². The van der Waals surface area contributed by atoms with Crippen molar-refractivity contribution in [3.8, 4) is 6.07 Å². The molecule has 1 rings (SSSR count). The molecule has 0 aliphatic rings. The molecule has 8 heteroatoms. The van der Waals surface area contributed by atoms with Gasteiger partial charge in [-0.1, -0.05) is 11.6 Å². The lowest BCUT2D eigenvalue weighted by atomic mass is 10.1. The highest BCUT2D eigenvalue weighted by Crippen LogP contribution is 2.33. The van der Waals surface area contributed by atoms with Crippen molar-refractivity contribution in [3.05, 3.63) is 28.3 Å². The fraction of sp³-hybridized carbons (Fsp3) is 0.222. The maximum absolute atomic E-state index is 12.3. The lowest BCUT2D eigenvalue weighted by Gasteiger charge is -2.10. The van der Waals surface area contributed by atoms with Crippen LogP contribution in [0.2, 0.25) is 5.02 Å². The van der Waals surface area contributed by atoms with Crippen LogP contribution in [0.4, 0.5) is 13.2 Å². The first kappa shape index (κ1) is 13.8. The molecule has 0 fully saturated rings. The molecule has 0 aromatic heterocycles. The molecule has 0 aliphatic heterocycles. The van der Waals surface area contributed by atoms with Crippen molar-refractivity contribution >= 4 is 21.4 Å². The Labute approximate surface area is 100 Å². The zero-order valence-corrected chi connectivity index (χ0v) is 9.91. The van der Waals surface area contributed by atoms with E-state index in [-0.39, 0.29) is 16.1 Å². The van der Waals surface area contributed by atoms with Crippen molar-refractivity contribution in [2.24, 2.45) is 0 Å². The number of hydrogen-bond donors (Lipinski definition) is 0. The van der Waals surface area contributed by atoms with E-state index in [9.17, 15) is 21.6 Å². The van der Waals surface area contributed by atoms with Gasteiger partial charge in [0.1, 0.15) is 0 Å². The van der Waals surface area contributed by atoms with Gasteiger partial charge in [0.15, 0.2) is 0 Å². The molecule has 0 N–H and O–H groups in total. The minimum Gasteiger partial charge on any atom is -0.214 e. The van der Waals surface area contributed by atoms with Crippen LogP contribution >= 0.6 is 11.6 Å². The van der Waals surface area contributed by atoms with Gasteiger partial charge >= 0.3 is 5.51 Å². The number of nitrogens with zero attached hydrogens (tertiary/aromatic N) is 1. The van der Waals surface area contributed by atoms with E-state index in [4.69, 9.17) is 16.9 Å². The summed E-state index contributed by atoms with van der Waals surface area (Å²) >= 11 is 5.57. The molecule has 0 saturated heterocycles. The van der Waals surface area contributed by atoms with Crippen LogP contribution in [0.1, 0.15) is 11.1 Å². The number of rotatable bonds is 1. The van der Waals surface area contributed by atoms with Gasteiger partial charge in [-0.2, -0.15) is 18.4 Å². The van der Waals surface area contributed by atoms with Gasteiger partial charge in [0.2, 0.25) is 0 Å². The Bertz CT molecular complexity index is 602. The summed E-state index contributed by atoms with van der Waals surface area (Å²) in [4.78, 5) is -1.03. The number of halogens is 4. The van der Waals surface area contributed by atoms with E-state index in [0.29, 0.717) is 12.1 Å². The molecular formula is C9H5ClF3NO2S. The maximum atomic E-state index is 12.3. The molecule has 0 atom stereocenters. The standard InChI is InChI=1S/C9H5ClF3NO2S/c1-5-6(4-14)2-7(3-8(5)10)17(15,16)9(11,12)13/h2-3H,1H3. The number of alkyl halides is 3. The van der Waals surface area contributed by atoms with Crippen molar-refractivity contribution in [2.45, 2.75) is 17.3 Å². The Morgan fingerprint density at radius 3 is 2.29 bits per heavy atom. The van der Waals surface area contributed by atoms with Gasteiger partial charge < -0.3 is 0 Å². The Morgan fingerprint density at radius 2 is 1.88 bits per heavy atom. The molecule has 0 spiro atoms. The summed E-state index contributed by atoms with van der Waals surface area (Å²) in [5, 5.41) is 8.45. The lowest BCUT2D eigenvalue weighted by Crippen LogP contribution is -2.23. The van der Waals surface area contributed by atoms with Gasteiger partial charge in [-0.25, -0.2) is 8.42 Å². The topological polar surface area (TPSA) is 57.9 Å². The quantitative estimate of drug-likeness (QED) is 0.796. The first-order valence-corrected chi connectivity index (χ1v) is 5.99. The molecule has 0 bridgehead atoms. The van der Waals surface area contributed by atoms with Crippen LogP contribution < -0.4 is 0 Å². The summed E-state index contributed by atoms with van der Waals surface area (Å²) in [6, 6.07) is 2.92. The summed E-state index contributed by atoms with van der Waals surface area (Å²) in [5.41, 5.74) is -5.39. The molecule has 0 unspecified atom stereocenters.